The normalized spacial score (nSPS) is 11.3. The van der Waals surface area contributed by atoms with E-state index in [0.29, 0.717) is 11.5 Å². The first-order valence-corrected chi connectivity index (χ1v) is 11.1. The predicted octanol–water partition coefficient (Wildman–Crippen LogP) is 2.49. The molecule has 0 radical (unpaired) electrons. The van der Waals surface area contributed by atoms with E-state index < -0.39 is 45.5 Å². The van der Waals surface area contributed by atoms with Crippen LogP contribution in [0.5, 0.6) is 0 Å². The van der Waals surface area contributed by atoms with Gasteiger partial charge in [0.15, 0.2) is 12.4 Å². The molecule has 0 heterocycles. The number of hydrogen-bond donors (Lipinski definition) is 1. The molecular weight excluding hydrogens is 438 g/mol. The minimum absolute atomic E-state index is 0.230. The van der Waals surface area contributed by atoms with E-state index in [1.807, 2.05) is 30.7 Å². The molecule has 0 aliphatic rings. The van der Waals surface area contributed by atoms with Crippen LogP contribution in [0.1, 0.15) is 35.7 Å². The van der Waals surface area contributed by atoms with Crippen LogP contribution in [0.25, 0.3) is 0 Å². The molecule has 0 aliphatic heterocycles. The van der Waals surface area contributed by atoms with Crippen LogP contribution in [-0.2, 0) is 19.6 Å². The topological polar surface area (TPSA) is 136 Å². The minimum Gasteiger partial charge on any atom is -0.456 e. The molecule has 0 spiro atoms. The molecule has 2 aromatic rings. The van der Waals surface area contributed by atoms with Gasteiger partial charge in [-0.1, -0.05) is 38.1 Å². The highest BCUT2D eigenvalue weighted by molar-refractivity contribution is 7.89. The predicted molar refractivity (Wildman–Crippen MR) is 118 cm³/mol. The summed E-state index contributed by atoms with van der Waals surface area (Å²) in [5.74, 6) is -1.07. The van der Waals surface area contributed by atoms with E-state index in [1.165, 1.54) is 17.0 Å². The fourth-order valence-corrected chi connectivity index (χ4v) is 3.75. The van der Waals surface area contributed by atoms with E-state index in [-0.39, 0.29) is 10.6 Å². The van der Waals surface area contributed by atoms with Crippen molar-refractivity contribution >= 4 is 33.2 Å². The molecule has 0 saturated heterocycles. The highest BCUT2D eigenvalue weighted by Crippen LogP contribution is 2.29. The van der Waals surface area contributed by atoms with Crippen molar-refractivity contribution in [3.05, 3.63) is 63.7 Å². The second-order valence-electron chi connectivity index (χ2n) is 7.49. The molecule has 0 aliphatic carbocycles. The summed E-state index contributed by atoms with van der Waals surface area (Å²) in [4.78, 5) is 35.7. The maximum atomic E-state index is 12.4. The maximum absolute atomic E-state index is 12.4. The molecule has 172 valence electrons. The number of carbonyl (C=O) groups excluding carboxylic acids is 2. The van der Waals surface area contributed by atoms with Crippen LogP contribution in [0.4, 0.5) is 11.4 Å². The smallest absolute Gasteiger partial charge is 0.321 e. The second kappa shape index (κ2) is 10.3. The zero-order chi connectivity index (χ0) is 24.1. The first-order valence-electron chi connectivity index (χ1n) is 9.66. The van der Waals surface area contributed by atoms with Crippen molar-refractivity contribution in [3.63, 3.8) is 0 Å². The van der Waals surface area contributed by atoms with E-state index in [2.05, 4.69) is 0 Å². The molecule has 0 bridgehead atoms. The molecule has 0 atom stereocenters. The van der Waals surface area contributed by atoms with Crippen molar-refractivity contribution in [2.45, 2.75) is 24.7 Å². The summed E-state index contributed by atoms with van der Waals surface area (Å²) in [6, 6.07) is 10.3. The Morgan fingerprint density at radius 1 is 1.12 bits per heavy atom. The molecule has 0 unspecified atom stereocenters. The molecule has 0 amide bonds. The second-order valence-corrected chi connectivity index (χ2v) is 9.25. The van der Waals surface area contributed by atoms with E-state index >= 15 is 0 Å². The summed E-state index contributed by atoms with van der Waals surface area (Å²) >= 11 is 0. The van der Waals surface area contributed by atoms with Gasteiger partial charge >= 0.3 is 5.97 Å². The Morgan fingerprint density at radius 2 is 1.75 bits per heavy atom. The third kappa shape index (κ3) is 6.34. The average molecular weight is 464 g/mol. The van der Waals surface area contributed by atoms with Crippen molar-refractivity contribution in [1.82, 2.24) is 4.72 Å². The number of esters is 1. The number of nitro benzene ring substituents is 1. The quantitative estimate of drug-likeness (QED) is 0.246. The summed E-state index contributed by atoms with van der Waals surface area (Å²) < 4.78 is 31.7. The molecule has 10 nitrogen and oxygen atoms in total. The van der Waals surface area contributed by atoms with E-state index in [9.17, 15) is 28.1 Å². The number of sulfonamides is 1. The lowest BCUT2D eigenvalue weighted by atomic mass is 10.0. The number of benzene rings is 2. The molecule has 0 saturated carbocycles. The Kier molecular flexibility index (Phi) is 8.06. The van der Waals surface area contributed by atoms with Crippen LogP contribution >= 0.6 is 0 Å². The third-order valence-electron chi connectivity index (χ3n) is 4.61. The largest absolute Gasteiger partial charge is 0.456 e. The number of nitrogens with zero attached hydrogens (tertiary/aromatic N) is 2. The van der Waals surface area contributed by atoms with Crippen molar-refractivity contribution in [1.29, 1.82) is 0 Å². The summed E-state index contributed by atoms with van der Waals surface area (Å²) in [5.41, 5.74) is 1.27. The van der Waals surface area contributed by atoms with Gasteiger partial charge in [-0.2, -0.15) is 4.72 Å². The van der Waals surface area contributed by atoms with Gasteiger partial charge in [0, 0.05) is 25.7 Å². The maximum Gasteiger partial charge on any atom is 0.321 e. The molecule has 0 aromatic heterocycles. The van der Waals surface area contributed by atoms with Crippen LogP contribution in [0.15, 0.2) is 47.4 Å². The molecule has 32 heavy (non-hydrogen) atoms. The molecule has 2 rings (SSSR count). The number of ketones is 1. The fourth-order valence-electron chi connectivity index (χ4n) is 2.77. The first-order chi connectivity index (χ1) is 14.9. The summed E-state index contributed by atoms with van der Waals surface area (Å²) in [5, 5.41) is 11.2. The van der Waals surface area contributed by atoms with Gasteiger partial charge in [0.05, 0.1) is 9.82 Å². The van der Waals surface area contributed by atoms with Crippen LogP contribution in [0, 0.1) is 10.1 Å². The minimum atomic E-state index is -4.22. The van der Waals surface area contributed by atoms with Crippen LogP contribution in [-0.4, -0.2) is 52.3 Å². The lowest BCUT2D eigenvalue weighted by Crippen LogP contribution is -2.31. The number of hydrogen-bond acceptors (Lipinski definition) is 8. The van der Waals surface area contributed by atoms with Crippen molar-refractivity contribution < 1.29 is 27.7 Å². The van der Waals surface area contributed by atoms with Gasteiger partial charge in [0.1, 0.15) is 12.2 Å². The lowest BCUT2D eigenvalue weighted by Gasteiger charge is -2.13. The standard InChI is InChI=1S/C21H25N3O7S/c1-14(2)15-5-7-16(8-6-15)20(25)13-31-21(26)12-22-32(29,30)17-9-10-18(23(3)4)19(11-17)24(27)28/h5-11,14,22H,12-13H2,1-4H3. The molecule has 11 heteroatoms. The number of nitro groups is 1. The number of rotatable bonds is 10. The highest BCUT2D eigenvalue weighted by Gasteiger charge is 2.23. The van der Waals surface area contributed by atoms with Gasteiger partial charge in [-0.3, -0.25) is 19.7 Å². The Morgan fingerprint density at radius 3 is 2.28 bits per heavy atom. The van der Waals surface area contributed by atoms with Crippen molar-refractivity contribution in [3.8, 4) is 0 Å². The van der Waals surface area contributed by atoms with Crippen LogP contribution < -0.4 is 9.62 Å². The summed E-state index contributed by atoms with van der Waals surface area (Å²) in [6.45, 7) is 2.78. The van der Waals surface area contributed by atoms with Crippen molar-refractivity contribution in [2.75, 3.05) is 32.1 Å². The average Bonchev–Trinajstić information content (AvgIpc) is 2.75. The highest BCUT2D eigenvalue weighted by atomic mass is 32.2. The lowest BCUT2D eigenvalue weighted by molar-refractivity contribution is -0.384. The third-order valence-corrected chi connectivity index (χ3v) is 6.00. The molecular formula is C21H25N3O7S. The van der Waals surface area contributed by atoms with Gasteiger partial charge < -0.3 is 9.64 Å². The Hall–Kier alpha value is -3.31. The molecule has 1 N–H and O–H groups in total. The van der Waals surface area contributed by atoms with Gasteiger partial charge in [0.25, 0.3) is 5.69 Å². The van der Waals surface area contributed by atoms with Gasteiger partial charge in [0.2, 0.25) is 10.0 Å². The number of anilines is 1. The zero-order valence-corrected chi connectivity index (χ0v) is 19.0. The van der Waals surface area contributed by atoms with Crippen LogP contribution in [0.2, 0.25) is 0 Å². The van der Waals surface area contributed by atoms with Gasteiger partial charge in [-0.15, -0.1) is 0 Å². The van der Waals surface area contributed by atoms with Gasteiger partial charge in [-0.25, -0.2) is 8.42 Å². The van der Waals surface area contributed by atoms with E-state index in [0.717, 1.165) is 11.6 Å². The van der Waals surface area contributed by atoms with Crippen molar-refractivity contribution in [2.24, 2.45) is 0 Å². The molecule has 0 fully saturated rings. The van der Waals surface area contributed by atoms with Crippen LogP contribution in [0.3, 0.4) is 0 Å². The zero-order valence-electron chi connectivity index (χ0n) is 18.2. The summed E-state index contributed by atoms with van der Waals surface area (Å²) in [7, 11) is -1.04. The van der Waals surface area contributed by atoms with E-state index in [1.54, 1.807) is 26.2 Å². The number of Topliss-reactive ketones (excluding diaryl/α,β-unsaturated/α-hetero) is 1. The Bertz CT molecular complexity index is 1110. The van der Waals surface area contributed by atoms with Gasteiger partial charge in [-0.05, 0) is 23.6 Å². The fraction of sp³-hybridized carbons (Fsp3) is 0.333. The SMILES string of the molecule is CC(C)c1ccc(C(=O)COC(=O)CNS(=O)(=O)c2ccc(N(C)C)c([N+](=O)[O-])c2)cc1. The number of carbonyl (C=O) groups is 2. The number of ether oxygens (including phenoxy) is 1. The van der Waals surface area contributed by atoms with E-state index in [4.69, 9.17) is 4.74 Å². The Balaban J connectivity index is 1.97. The Labute approximate surface area is 186 Å². The monoisotopic (exact) mass is 463 g/mol. The summed E-state index contributed by atoms with van der Waals surface area (Å²) in [6.07, 6.45) is 0. The first kappa shape index (κ1) is 25.0. The number of nitrogens with one attached hydrogen (secondary N) is 1. The molecule has 2 aromatic carbocycles.